The van der Waals surface area contributed by atoms with Gasteiger partial charge >= 0.3 is 5.97 Å². The van der Waals surface area contributed by atoms with Gasteiger partial charge in [-0.05, 0) is 18.2 Å². The van der Waals surface area contributed by atoms with Crippen LogP contribution in [-0.4, -0.2) is 23.0 Å². The summed E-state index contributed by atoms with van der Waals surface area (Å²) in [6.45, 7) is 0. The van der Waals surface area contributed by atoms with Gasteiger partial charge in [-0.1, -0.05) is 5.92 Å². The van der Waals surface area contributed by atoms with Crippen molar-refractivity contribution >= 4 is 17.0 Å². The molecule has 0 aliphatic rings. The number of hydrogen-bond donors (Lipinski definition) is 1. The number of aromatic nitrogens is 2. The Morgan fingerprint density at radius 1 is 1.53 bits per heavy atom. The predicted octanol–water partition coefficient (Wildman–Crippen LogP) is 1.09. The van der Waals surface area contributed by atoms with Crippen molar-refractivity contribution in [3.63, 3.8) is 0 Å². The molecule has 2 rings (SSSR count). The van der Waals surface area contributed by atoms with E-state index in [1.807, 2.05) is 12.1 Å². The van der Waals surface area contributed by atoms with Crippen LogP contribution >= 0.6 is 0 Å². The molecule has 1 N–H and O–H groups in total. The number of benzene rings is 1. The topological polar surface area (TPSA) is 55.0 Å². The summed E-state index contributed by atoms with van der Waals surface area (Å²) in [5.74, 6) is 4.52. The van der Waals surface area contributed by atoms with E-state index in [0.29, 0.717) is 0 Å². The molecule has 0 radical (unpaired) electrons. The van der Waals surface area contributed by atoms with Crippen LogP contribution in [0.25, 0.3) is 11.0 Å². The van der Waals surface area contributed by atoms with E-state index >= 15 is 0 Å². The van der Waals surface area contributed by atoms with E-state index in [1.54, 1.807) is 12.4 Å². The van der Waals surface area contributed by atoms with Crippen molar-refractivity contribution in [1.82, 2.24) is 9.97 Å². The number of carbonyl (C=O) groups excluding carboxylic acids is 1. The number of nitrogens with one attached hydrogen (secondary N) is 1. The van der Waals surface area contributed by atoms with E-state index in [2.05, 4.69) is 26.5 Å². The lowest BCUT2D eigenvalue weighted by Crippen LogP contribution is -1.94. The average molecular weight is 200 g/mol. The quantitative estimate of drug-likeness (QED) is 0.511. The van der Waals surface area contributed by atoms with E-state index in [0.717, 1.165) is 16.6 Å². The fourth-order valence-electron chi connectivity index (χ4n) is 1.19. The number of imidazole rings is 1. The highest BCUT2D eigenvalue weighted by atomic mass is 16.5. The van der Waals surface area contributed by atoms with Crippen molar-refractivity contribution in [2.75, 3.05) is 7.11 Å². The zero-order valence-corrected chi connectivity index (χ0v) is 8.07. The fourth-order valence-corrected chi connectivity index (χ4v) is 1.19. The van der Waals surface area contributed by atoms with Gasteiger partial charge in [-0.3, -0.25) is 0 Å². The van der Waals surface area contributed by atoms with Crippen molar-refractivity contribution in [3.8, 4) is 11.8 Å². The zero-order valence-electron chi connectivity index (χ0n) is 8.07. The number of fused-ring (bicyclic) bond motifs is 1. The van der Waals surface area contributed by atoms with Crippen LogP contribution < -0.4 is 0 Å². The van der Waals surface area contributed by atoms with Gasteiger partial charge in [0.05, 0.1) is 24.5 Å². The Balaban J connectivity index is 2.35. The smallest absolute Gasteiger partial charge is 0.384 e. The van der Waals surface area contributed by atoms with E-state index in [9.17, 15) is 4.79 Å². The van der Waals surface area contributed by atoms with Gasteiger partial charge in [0, 0.05) is 11.5 Å². The van der Waals surface area contributed by atoms with Crippen LogP contribution in [-0.2, 0) is 9.53 Å². The molecule has 0 aliphatic heterocycles. The predicted molar refractivity (Wildman–Crippen MR) is 55.0 cm³/mol. The molecule has 0 saturated carbocycles. The number of nitrogens with zero attached hydrogens (tertiary/aromatic N) is 1. The Morgan fingerprint density at radius 2 is 2.40 bits per heavy atom. The van der Waals surface area contributed by atoms with Crippen LogP contribution in [0, 0.1) is 11.8 Å². The number of carbonyl (C=O) groups is 1. The van der Waals surface area contributed by atoms with E-state index in [1.165, 1.54) is 7.11 Å². The monoisotopic (exact) mass is 200 g/mol. The molecular weight excluding hydrogens is 192 g/mol. The maximum absolute atomic E-state index is 10.8. The lowest BCUT2D eigenvalue weighted by atomic mass is 10.2. The summed E-state index contributed by atoms with van der Waals surface area (Å²) in [5, 5.41) is 0. The van der Waals surface area contributed by atoms with Gasteiger partial charge in [-0.2, -0.15) is 0 Å². The first kappa shape index (κ1) is 9.28. The Bertz CT molecular complexity index is 560. The highest BCUT2D eigenvalue weighted by Gasteiger charge is 1.96. The number of rotatable bonds is 0. The van der Waals surface area contributed by atoms with Crippen LogP contribution in [0.4, 0.5) is 0 Å². The molecule has 0 spiro atoms. The number of aromatic amines is 1. The summed E-state index contributed by atoms with van der Waals surface area (Å²) < 4.78 is 4.41. The zero-order chi connectivity index (χ0) is 10.7. The van der Waals surface area contributed by atoms with Gasteiger partial charge in [0.1, 0.15) is 0 Å². The highest BCUT2D eigenvalue weighted by molar-refractivity contribution is 5.89. The Morgan fingerprint density at radius 3 is 3.20 bits per heavy atom. The van der Waals surface area contributed by atoms with Crippen molar-refractivity contribution in [2.45, 2.75) is 0 Å². The highest BCUT2D eigenvalue weighted by Crippen LogP contribution is 2.10. The number of H-pyrrole nitrogens is 1. The molecule has 0 aliphatic carbocycles. The summed E-state index contributed by atoms with van der Waals surface area (Å²) >= 11 is 0. The summed E-state index contributed by atoms with van der Waals surface area (Å²) in [4.78, 5) is 17.8. The SMILES string of the molecule is COC(=O)C#Cc1ccc2nc[nH]c2c1. The second kappa shape index (κ2) is 3.84. The first-order valence-electron chi connectivity index (χ1n) is 4.33. The van der Waals surface area contributed by atoms with Gasteiger partial charge in [-0.15, -0.1) is 0 Å². The molecule has 1 heterocycles. The van der Waals surface area contributed by atoms with Crippen molar-refractivity contribution in [1.29, 1.82) is 0 Å². The average Bonchev–Trinajstić information content (AvgIpc) is 2.72. The molecule has 0 fully saturated rings. The van der Waals surface area contributed by atoms with Gasteiger partial charge in [0.25, 0.3) is 0 Å². The third-order valence-electron chi connectivity index (χ3n) is 1.91. The Labute approximate surface area is 86.3 Å². The first-order chi connectivity index (χ1) is 7.29. The fraction of sp³-hybridized carbons (Fsp3) is 0.0909. The van der Waals surface area contributed by atoms with Crippen molar-refractivity contribution in [2.24, 2.45) is 0 Å². The lowest BCUT2D eigenvalue weighted by Gasteiger charge is -1.90. The largest absolute Gasteiger partial charge is 0.459 e. The van der Waals surface area contributed by atoms with Crippen molar-refractivity contribution in [3.05, 3.63) is 30.1 Å². The van der Waals surface area contributed by atoms with Gasteiger partial charge in [0.2, 0.25) is 0 Å². The normalized spacial score (nSPS) is 9.40. The number of ether oxygens (including phenoxy) is 1. The molecule has 15 heavy (non-hydrogen) atoms. The van der Waals surface area contributed by atoms with Crippen molar-refractivity contribution < 1.29 is 9.53 Å². The van der Waals surface area contributed by atoms with Crippen LogP contribution in [0.3, 0.4) is 0 Å². The van der Waals surface area contributed by atoms with Crippen LogP contribution in [0.2, 0.25) is 0 Å². The molecule has 4 nitrogen and oxygen atoms in total. The second-order valence-corrected chi connectivity index (χ2v) is 2.88. The van der Waals surface area contributed by atoms with Gasteiger partial charge in [0.15, 0.2) is 0 Å². The Hall–Kier alpha value is -2.28. The minimum Gasteiger partial charge on any atom is -0.459 e. The number of methoxy groups -OCH3 is 1. The second-order valence-electron chi connectivity index (χ2n) is 2.88. The lowest BCUT2D eigenvalue weighted by molar-refractivity contribution is -0.133. The van der Waals surface area contributed by atoms with Crippen LogP contribution in [0.5, 0.6) is 0 Å². The van der Waals surface area contributed by atoms with E-state index in [-0.39, 0.29) is 0 Å². The molecule has 4 heteroatoms. The number of esters is 1. The molecular formula is C11H8N2O2. The molecule has 0 amide bonds. The summed E-state index contributed by atoms with van der Waals surface area (Å²) in [5.41, 5.74) is 2.52. The van der Waals surface area contributed by atoms with E-state index < -0.39 is 5.97 Å². The van der Waals surface area contributed by atoms with E-state index in [4.69, 9.17) is 0 Å². The molecule has 0 atom stereocenters. The summed E-state index contributed by atoms with van der Waals surface area (Å²) in [6.07, 6.45) is 1.61. The summed E-state index contributed by atoms with van der Waals surface area (Å²) in [7, 11) is 1.30. The minimum absolute atomic E-state index is 0.542. The third-order valence-corrected chi connectivity index (χ3v) is 1.91. The molecule has 0 unspecified atom stereocenters. The van der Waals surface area contributed by atoms with Crippen LogP contribution in [0.1, 0.15) is 5.56 Å². The third kappa shape index (κ3) is 1.97. The number of hydrogen-bond acceptors (Lipinski definition) is 3. The molecule has 0 bridgehead atoms. The first-order valence-corrected chi connectivity index (χ1v) is 4.33. The minimum atomic E-state index is -0.542. The van der Waals surface area contributed by atoms with Gasteiger partial charge in [-0.25, -0.2) is 9.78 Å². The standard InChI is InChI=1S/C11H8N2O2/c1-15-11(14)5-3-8-2-4-9-10(6-8)13-7-12-9/h2,4,6-7H,1H3,(H,12,13). The molecule has 2 aromatic rings. The maximum atomic E-state index is 10.8. The Kier molecular flexibility index (Phi) is 2.38. The molecule has 0 saturated heterocycles. The molecule has 1 aromatic carbocycles. The summed E-state index contributed by atoms with van der Waals surface area (Å²) in [6, 6.07) is 5.48. The van der Waals surface area contributed by atoms with Crippen LogP contribution in [0.15, 0.2) is 24.5 Å². The molecule has 1 aromatic heterocycles. The van der Waals surface area contributed by atoms with Gasteiger partial charge < -0.3 is 9.72 Å². The maximum Gasteiger partial charge on any atom is 0.384 e. The molecule has 74 valence electrons.